The van der Waals surface area contributed by atoms with Crippen molar-refractivity contribution in [3.05, 3.63) is 22.8 Å². The molecule has 2 N–H and O–H groups in total. The van der Waals surface area contributed by atoms with Gasteiger partial charge in [0.15, 0.2) is 0 Å². The van der Waals surface area contributed by atoms with E-state index in [0.717, 1.165) is 46.9 Å². The molecule has 27 heavy (non-hydrogen) atoms. The van der Waals surface area contributed by atoms with Gasteiger partial charge in [-0.15, -0.1) is 11.3 Å². The maximum atomic E-state index is 6.63. The Morgan fingerprint density at radius 3 is 2.59 bits per heavy atom. The highest BCUT2D eigenvalue weighted by atomic mass is 35.5. The summed E-state index contributed by atoms with van der Waals surface area (Å²) in [4.78, 5) is 14.0. The highest BCUT2D eigenvalue weighted by Crippen LogP contribution is 2.38. The summed E-state index contributed by atoms with van der Waals surface area (Å²) in [7, 11) is 0. The molecule has 1 aliphatic rings. The first-order valence-corrected chi connectivity index (χ1v) is 10.8. The van der Waals surface area contributed by atoms with Gasteiger partial charge in [0, 0.05) is 17.0 Å². The summed E-state index contributed by atoms with van der Waals surface area (Å²) in [5, 5.41) is 10.2. The molecule has 0 aromatic carbocycles. The van der Waals surface area contributed by atoms with Crippen molar-refractivity contribution in [2.45, 2.75) is 71.4 Å². The molecule has 3 rings (SSSR count). The molecular weight excluding hydrogens is 378 g/mol. The van der Waals surface area contributed by atoms with E-state index in [0.29, 0.717) is 17.1 Å². The number of hydrogen-bond donors (Lipinski definition) is 2. The molecule has 0 amide bonds. The normalized spacial score (nSPS) is 15.1. The lowest BCUT2D eigenvalue weighted by Crippen LogP contribution is -2.31. The van der Waals surface area contributed by atoms with Crippen LogP contribution in [0.25, 0.3) is 16.1 Å². The van der Waals surface area contributed by atoms with E-state index in [1.54, 1.807) is 11.3 Å². The van der Waals surface area contributed by atoms with E-state index in [9.17, 15) is 0 Å². The third kappa shape index (κ3) is 4.79. The number of hydrogen-bond acceptors (Lipinski definition) is 6. The summed E-state index contributed by atoms with van der Waals surface area (Å²) in [6.45, 7) is 12.3. The first-order chi connectivity index (χ1) is 12.8. The van der Waals surface area contributed by atoms with Crippen molar-refractivity contribution in [3.63, 3.8) is 0 Å². The lowest BCUT2D eigenvalue weighted by atomic mass is 10.0. The molecule has 0 spiro atoms. The van der Waals surface area contributed by atoms with Crippen LogP contribution in [0.2, 0.25) is 5.15 Å². The van der Waals surface area contributed by atoms with Gasteiger partial charge < -0.3 is 10.6 Å². The second-order valence-corrected chi connectivity index (χ2v) is 9.08. The fraction of sp³-hybridized carbons (Fsp3) is 0.550. The predicted molar refractivity (Wildman–Crippen MR) is 117 cm³/mol. The van der Waals surface area contributed by atoms with E-state index in [1.165, 1.54) is 12.8 Å². The highest BCUT2D eigenvalue weighted by Gasteiger charge is 2.24. The quantitative estimate of drug-likeness (QED) is 0.533. The van der Waals surface area contributed by atoms with Gasteiger partial charge in [0.2, 0.25) is 5.95 Å². The molecule has 146 valence electrons. The topological polar surface area (TPSA) is 62.7 Å². The third-order valence-electron chi connectivity index (χ3n) is 5.05. The molecule has 0 saturated heterocycles. The minimum atomic E-state index is -0.107. The van der Waals surface area contributed by atoms with Gasteiger partial charge in [-0.05, 0) is 45.6 Å². The Kier molecular flexibility index (Phi) is 6.06. The zero-order valence-electron chi connectivity index (χ0n) is 16.5. The maximum Gasteiger partial charge on any atom is 0.226 e. The Bertz CT molecular complexity index is 824. The summed E-state index contributed by atoms with van der Waals surface area (Å²) in [5.41, 5.74) is 2.49. The monoisotopic (exact) mass is 405 g/mol. The Morgan fingerprint density at radius 2 is 2.00 bits per heavy atom. The average molecular weight is 406 g/mol. The van der Waals surface area contributed by atoms with E-state index in [2.05, 4.69) is 43.0 Å². The van der Waals surface area contributed by atoms with Crippen LogP contribution in [0.1, 0.15) is 65.5 Å². The predicted octanol–water partition coefficient (Wildman–Crippen LogP) is 6.24. The molecule has 0 unspecified atom stereocenters. The molecule has 0 bridgehead atoms. The van der Waals surface area contributed by atoms with Gasteiger partial charge in [-0.1, -0.05) is 37.9 Å². The number of nitrogens with one attached hydrogen (secondary N) is 2. The smallest absolute Gasteiger partial charge is 0.226 e. The average Bonchev–Trinajstić information content (AvgIpc) is 3.26. The van der Waals surface area contributed by atoms with Crippen molar-refractivity contribution in [2.24, 2.45) is 0 Å². The second-order valence-electron chi connectivity index (χ2n) is 7.87. The van der Waals surface area contributed by atoms with Crippen LogP contribution in [0.4, 0.5) is 11.8 Å². The highest BCUT2D eigenvalue weighted by molar-refractivity contribution is 7.13. The van der Waals surface area contributed by atoms with Crippen LogP contribution < -0.4 is 10.6 Å². The van der Waals surface area contributed by atoms with E-state index in [1.807, 2.05) is 12.3 Å². The summed E-state index contributed by atoms with van der Waals surface area (Å²) < 4.78 is 0. The molecule has 0 atom stereocenters. The molecule has 5 nitrogen and oxygen atoms in total. The number of halogens is 1. The molecule has 1 saturated carbocycles. The van der Waals surface area contributed by atoms with Crippen molar-refractivity contribution in [3.8, 4) is 10.6 Å². The van der Waals surface area contributed by atoms with Gasteiger partial charge >= 0.3 is 0 Å². The Hall–Kier alpha value is -1.66. The lowest BCUT2D eigenvalue weighted by Gasteiger charge is -2.25. The van der Waals surface area contributed by atoms with E-state index >= 15 is 0 Å². The first kappa shape index (κ1) is 20.1. The molecule has 7 heteroatoms. The van der Waals surface area contributed by atoms with Crippen LogP contribution in [-0.4, -0.2) is 26.5 Å². The third-order valence-corrected chi connectivity index (χ3v) is 6.18. The molecule has 2 heterocycles. The summed E-state index contributed by atoms with van der Waals surface area (Å²) >= 11 is 8.17. The van der Waals surface area contributed by atoms with Gasteiger partial charge in [0.1, 0.15) is 16.0 Å². The zero-order valence-corrected chi connectivity index (χ0v) is 18.1. The Balaban J connectivity index is 2.02. The number of thiazole rings is 1. The van der Waals surface area contributed by atoms with E-state index in [-0.39, 0.29) is 5.54 Å². The molecule has 2 aromatic rings. The van der Waals surface area contributed by atoms with Crippen LogP contribution >= 0.6 is 22.9 Å². The first-order valence-electron chi connectivity index (χ1n) is 9.53. The van der Waals surface area contributed by atoms with Crippen molar-refractivity contribution < 1.29 is 0 Å². The Labute approximate surface area is 170 Å². The molecule has 1 fully saturated rings. The van der Waals surface area contributed by atoms with Gasteiger partial charge in [-0.25, -0.2) is 9.97 Å². The minimum absolute atomic E-state index is 0.107. The van der Waals surface area contributed by atoms with Crippen LogP contribution in [0, 0.1) is 0 Å². The van der Waals surface area contributed by atoms with Crippen molar-refractivity contribution >= 4 is 40.3 Å². The fourth-order valence-corrected chi connectivity index (χ4v) is 4.28. The molecule has 0 aliphatic heterocycles. The Morgan fingerprint density at radius 1 is 1.30 bits per heavy atom. The van der Waals surface area contributed by atoms with Crippen LogP contribution in [0.5, 0.6) is 0 Å². The number of rotatable bonds is 7. The number of allylic oxidation sites excluding steroid dienone is 1. The fourth-order valence-electron chi connectivity index (χ4n) is 3.02. The van der Waals surface area contributed by atoms with E-state index in [4.69, 9.17) is 21.6 Å². The molecule has 0 radical (unpaired) electrons. The van der Waals surface area contributed by atoms with Crippen molar-refractivity contribution in [2.75, 3.05) is 10.6 Å². The largest absolute Gasteiger partial charge is 0.367 e. The lowest BCUT2D eigenvalue weighted by molar-refractivity contribution is 0.542. The minimum Gasteiger partial charge on any atom is -0.367 e. The number of nitrogens with zero attached hydrogens (tertiary/aromatic N) is 3. The van der Waals surface area contributed by atoms with Crippen molar-refractivity contribution in [1.82, 2.24) is 15.0 Å². The van der Waals surface area contributed by atoms with Gasteiger partial charge in [0.25, 0.3) is 0 Å². The summed E-state index contributed by atoms with van der Waals surface area (Å²) in [6.07, 6.45) is 5.75. The SMILES string of the molecule is C=C(C)c1csc(-c2c(Cl)nc(NC(C)(C)CC)nc2NC2CCCC2)n1. The van der Waals surface area contributed by atoms with Gasteiger partial charge in [0.05, 0.1) is 11.3 Å². The molecule has 2 aromatic heterocycles. The van der Waals surface area contributed by atoms with Gasteiger partial charge in [-0.2, -0.15) is 4.98 Å². The number of anilines is 2. The zero-order chi connectivity index (χ0) is 19.6. The van der Waals surface area contributed by atoms with E-state index < -0.39 is 0 Å². The molecular formula is C20H28ClN5S. The summed E-state index contributed by atoms with van der Waals surface area (Å²) in [6, 6.07) is 0.419. The summed E-state index contributed by atoms with van der Waals surface area (Å²) in [5.74, 6) is 1.31. The van der Waals surface area contributed by atoms with Crippen LogP contribution in [0.3, 0.4) is 0 Å². The van der Waals surface area contributed by atoms with Crippen LogP contribution in [-0.2, 0) is 0 Å². The van der Waals surface area contributed by atoms with Crippen molar-refractivity contribution in [1.29, 1.82) is 0 Å². The number of aromatic nitrogens is 3. The van der Waals surface area contributed by atoms with Gasteiger partial charge in [-0.3, -0.25) is 0 Å². The molecule has 1 aliphatic carbocycles. The maximum absolute atomic E-state index is 6.63. The second kappa shape index (κ2) is 8.15. The van der Waals surface area contributed by atoms with Crippen LogP contribution in [0.15, 0.2) is 12.0 Å². The standard InChI is InChI=1S/C20H28ClN5S/c1-6-20(4,5)26-19-24-16(21)15(18-23-14(11-27-18)12(2)3)17(25-19)22-13-9-7-8-10-13/h11,13H,2,6-10H2,1,3-5H3,(H2,22,24,25,26).